The van der Waals surface area contributed by atoms with Gasteiger partial charge in [0.15, 0.2) is 17.5 Å². The molecule has 0 spiro atoms. The van der Waals surface area contributed by atoms with Crippen LogP contribution in [0.15, 0.2) is 12.1 Å². The molecule has 1 aliphatic rings. The number of carbonyl (C=O) groups is 1. The zero-order valence-corrected chi connectivity index (χ0v) is 12.6. The average molecular weight is 314 g/mol. The van der Waals surface area contributed by atoms with Crippen molar-refractivity contribution in [2.75, 3.05) is 5.32 Å². The van der Waals surface area contributed by atoms with Crippen LogP contribution in [0.5, 0.6) is 0 Å². The highest BCUT2D eigenvalue weighted by molar-refractivity contribution is 5.94. The summed E-state index contributed by atoms with van der Waals surface area (Å²) >= 11 is 0. The number of rotatable bonds is 4. The first-order chi connectivity index (χ1) is 10.5. The number of carbonyl (C=O) groups excluding carboxylic acids is 1. The number of halogens is 3. The average Bonchev–Trinajstić information content (AvgIpc) is 2.76. The summed E-state index contributed by atoms with van der Waals surface area (Å²) in [5.74, 6) is -4.70. The van der Waals surface area contributed by atoms with Gasteiger partial charge in [0.1, 0.15) is 0 Å². The maximum absolute atomic E-state index is 13.5. The molecule has 1 aromatic rings. The Labute approximate surface area is 128 Å². The highest BCUT2D eigenvalue weighted by Crippen LogP contribution is 2.20. The zero-order valence-electron chi connectivity index (χ0n) is 12.6. The molecule has 0 radical (unpaired) electrons. The first-order valence-electron chi connectivity index (χ1n) is 7.69. The van der Waals surface area contributed by atoms with Crippen molar-refractivity contribution < 1.29 is 18.0 Å². The Balaban J connectivity index is 1.95. The molecular formula is C16H21F3N2O. The molecule has 1 atom stereocenters. The predicted octanol–water partition coefficient (Wildman–Crippen LogP) is 3.74. The first kappa shape index (κ1) is 16.8. The molecule has 122 valence electrons. The molecule has 22 heavy (non-hydrogen) atoms. The van der Waals surface area contributed by atoms with Crippen molar-refractivity contribution in [3.63, 3.8) is 0 Å². The van der Waals surface area contributed by atoms with Crippen molar-refractivity contribution in [2.45, 2.75) is 57.5 Å². The van der Waals surface area contributed by atoms with Gasteiger partial charge < -0.3 is 10.6 Å². The van der Waals surface area contributed by atoms with E-state index >= 15 is 0 Å². The Morgan fingerprint density at radius 1 is 1.09 bits per heavy atom. The zero-order chi connectivity index (χ0) is 16.1. The molecule has 1 amide bonds. The molecule has 6 heteroatoms. The molecule has 1 fully saturated rings. The van der Waals surface area contributed by atoms with E-state index in [1.807, 2.05) is 0 Å². The van der Waals surface area contributed by atoms with E-state index < -0.39 is 29.4 Å². The van der Waals surface area contributed by atoms with Crippen molar-refractivity contribution in [1.29, 1.82) is 0 Å². The van der Waals surface area contributed by atoms with Crippen LogP contribution in [0.4, 0.5) is 18.9 Å². The Morgan fingerprint density at radius 3 is 2.36 bits per heavy atom. The van der Waals surface area contributed by atoms with E-state index in [9.17, 15) is 18.0 Å². The van der Waals surface area contributed by atoms with Crippen LogP contribution in [-0.4, -0.2) is 18.0 Å². The van der Waals surface area contributed by atoms with E-state index in [0.717, 1.165) is 37.8 Å². The van der Waals surface area contributed by atoms with Crippen LogP contribution in [0, 0.1) is 17.5 Å². The third kappa shape index (κ3) is 4.22. The number of anilines is 1. The minimum atomic E-state index is -1.58. The van der Waals surface area contributed by atoms with E-state index in [-0.39, 0.29) is 11.7 Å². The Morgan fingerprint density at radius 2 is 1.73 bits per heavy atom. The molecule has 2 N–H and O–H groups in total. The van der Waals surface area contributed by atoms with E-state index in [2.05, 4.69) is 10.6 Å². The summed E-state index contributed by atoms with van der Waals surface area (Å²) < 4.78 is 39.6. The summed E-state index contributed by atoms with van der Waals surface area (Å²) in [5, 5.41) is 5.52. The fourth-order valence-electron chi connectivity index (χ4n) is 2.74. The molecule has 0 aromatic heterocycles. The second-order valence-electron chi connectivity index (χ2n) is 5.79. The Bertz CT molecular complexity index is 528. The number of hydrogen-bond donors (Lipinski definition) is 2. The summed E-state index contributed by atoms with van der Waals surface area (Å²) in [5.41, 5.74) is -0.349. The van der Waals surface area contributed by atoms with Gasteiger partial charge in [-0.1, -0.05) is 25.7 Å². The lowest BCUT2D eigenvalue weighted by molar-refractivity contribution is -0.118. The second-order valence-corrected chi connectivity index (χ2v) is 5.79. The van der Waals surface area contributed by atoms with Crippen LogP contribution >= 0.6 is 0 Å². The predicted molar refractivity (Wildman–Crippen MR) is 79.0 cm³/mol. The van der Waals surface area contributed by atoms with Crippen molar-refractivity contribution in [3.8, 4) is 0 Å². The SMILES string of the molecule is C[C@H](NC1CCCCCC1)C(=O)Nc1ccc(F)c(F)c1F. The van der Waals surface area contributed by atoms with Gasteiger partial charge in [0, 0.05) is 6.04 Å². The first-order valence-corrected chi connectivity index (χ1v) is 7.69. The van der Waals surface area contributed by atoms with Crippen LogP contribution in [0.1, 0.15) is 45.4 Å². The minimum Gasteiger partial charge on any atom is -0.322 e. The summed E-state index contributed by atoms with van der Waals surface area (Å²) in [6, 6.07) is 1.54. The third-order valence-corrected chi connectivity index (χ3v) is 4.03. The lowest BCUT2D eigenvalue weighted by atomic mass is 10.1. The highest BCUT2D eigenvalue weighted by atomic mass is 19.2. The molecule has 1 saturated carbocycles. The molecule has 1 aromatic carbocycles. The quantitative estimate of drug-likeness (QED) is 0.656. The summed E-state index contributed by atoms with van der Waals surface area (Å²) in [6.07, 6.45) is 6.69. The van der Waals surface area contributed by atoms with Crippen LogP contribution in [0.3, 0.4) is 0 Å². The van der Waals surface area contributed by atoms with Crippen LogP contribution in [0.25, 0.3) is 0 Å². The van der Waals surface area contributed by atoms with Crippen molar-refractivity contribution in [1.82, 2.24) is 5.32 Å². The van der Waals surface area contributed by atoms with Gasteiger partial charge in [0.05, 0.1) is 11.7 Å². The molecule has 0 unspecified atom stereocenters. The van der Waals surface area contributed by atoms with Crippen LogP contribution < -0.4 is 10.6 Å². The fraction of sp³-hybridized carbons (Fsp3) is 0.562. The van der Waals surface area contributed by atoms with Crippen molar-refractivity contribution in [2.24, 2.45) is 0 Å². The highest BCUT2D eigenvalue weighted by Gasteiger charge is 2.21. The topological polar surface area (TPSA) is 41.1 Å². The van der Waals surface area contributed by atoms with Gasteiger partial charge in [-0.15, -0.1) is 0 Å². The molecule has 0 bridgehead atoms. The third-order valence-electron chi connectivity index (χ3n) is 4.03. The van der Waals surface area contributed by atoms with Gasteiger partial charge in [0.25, 0.3) is 0 Å². The van der Waals surface area contributed by atoms with E-state index in [4.69, 9.17) is 0 Å². The van der Waals surface area contributed by atoms with Crippen LogP contribution in [0.2, 0.25) is 0 Å². The molecule has 3 nitrogen and oxygen atoms in total. The maximum atomic E-state index is 13.5. The largest absolute Gasteiger partial charge is 0.322 e. The Kier molecular flexibility index (Phi) is 5.83. The van der Waals surface area contributed by atoms with Gasteiger partial charge in [-0.3, -0.25) is 4.79 Å². The number of nitrogens with one attached hydrogen (secondary N) is 2. The smallest absolute Gasteiger partial charge is 0.241 e. The van der Waals surface area contributed by atoms with Gasteiger partial charge >= 0.3 is 0 Å². The van der Waals surface area contributed by atoms with Crippen LogP contribution in [-0.2, 0) is 4.79 Å². The van der Waals surface area contributed by atoms with E-state index in [1.54, 1.807) is 6.92 Å². The molecular weight excluding hydrogens is 293 g/mol. The van der Waals surface area contributed by atoms with Gasteiger partial charge in [-0.05, 0) is 31.9 Å². The van der Waals surface area contributed by atoms with Crippen molar-refractivity contribution >= 4 is 11.6 Å². The van der Waals surface area contributed by atoms with E-state index in [0.29, 0.717) is 0 Å². The normalized spacial score (nSPS) is 17.8. The monoisotopic (exact) mass is 314 g/mol. The van der Waals surface area contributed by atoms with Gasteiger partial charge in [-0.2, -0.15) is 0 Å². The number of benzene rings is 1. The molecule has 0 saturated heterocycles. The maximum Gasteiger partial charge on any atom is 0.241 e. The summed E-state index contributed by atoms with van der Waals surface area (Å²) in [4.78, 5) is 12.1. The minimum absolute atomic E-state index is 0.262. The molecule has 2 rings (SSSR count). The lowest BCUT2D eigenvalue weighted by Gasteiger charge is -2.21. The molecule has 0 aliphatic heterocycles. The number of hydrogen-bond acceptors (Lipinski definition) is 2. The molecule has 1 aliphatic carbocycles. The van der Waals surface area contributed by atoms with E-state index in [1.165, 1.54) is 12.8 Å². The van der Waals surface area contributed by atoms with Crippen molar-refractivity contribution in [3.05, 3.63) is 29.6 Å². The fourth-order valence-corrected chi connectivity index (χ4v) is 2.74. The molecule has 0 heterocycles. The van der Waals surface area contributed by atoms with Gasteiger partial charge in [0.2, 0.25) is 5.91 Å². The Hall–Kier alpha value is -1.56. The van der Waals surface area contributed by atoms with Gasteiger partial charge in [-0.25, -0.2) is 13.2 Å². The summed E-state index contributed by atoms with van der Waals surface area (Å²) in [6.45, 7) is 1.68. The number of amides is 1. The summed E-state index contributed by atoms with van der Waals surface area (Å²) in [7, 11) is 0. The second kappa shape index (κ2) is 7.63. The standard InChI is InChI=1S/C16H21F3N2O/c1-10(20-11-6-4-2-3-5-7-11)16(22)21-13-9-8-12(17)14(18)15(13)19/h8-11,20H,2-7H2,1H3,(H,21,22)/t10-/m0/s1. The lowest BCUT2D eigenvalue weighted by Crippen LogP contribution is -2.43.